The molecule has 1 unspecified atom stereocenters. The van der Waals surface area contributed by atoms with Gasteiger partial charge in [0, 0.05) is 0 Å². The molecule has 1 N–H and O–H groups in total. The second kappa shape index (κ2) is 5.89. The average Bonchev–Trinajstić information content (AvgIpc) is 2.34. The molecular weight excluding hydrogens is 242 g/mol. The van der Waals surface area contributed by atoms with Crippen molar-refractivity contribution in [2.24, 2.45) is 0 Å². The van der Waals surface area contributed by atoms with Crippen LogP contribution in [0.15, 0.2) is 6.33 Å². The first-order valence-corrected chi connectivity index (χ1v) is 5.29. The molecule has 1 aromatic heterocycles. The van der Waals surface area contributed by atoms with E-state index < -0.39 is 22.5 Å². The van der Waals surface area contributed by atoms with Crippen LogP contribution in [0.5, 0.6) is 5.88 Å². The largest absolute Gasteiger partial charge is 0.481 e. The molecule has 0 fully saturated rings. The highest BCUT2D eigenvalue weighted by Gasteiger charge is 2.32. The molecule has 0 saturated heterocycles. The highest BCUT2D eigenvalue weighted by molar-refractivity contribution is 5.77. The standard InChI is InChI=1S/C10H13N3O5/c1-3-4-6(10(14)15)7-8(13(16)17)9(18-2)12-5-11-7/h5-6H,3-4H2,1-2H3,(H,14,15). The maximum atomic E-state index is 11.1. The van der Waals surface area contributed by atoms with Gasteiger partial charge in [0.05, 0.1) is 12.0 Å². The number of rotatable bonds is 6. The summed E-state index contributed by atoms with van der Waals surface area (Å²) in [7, 11) is 1.23. The van der Waals surface area contributed by atoms with E-state index in [1.165, 1.54) is 7.11 Å². The molecule has 0 bridgehead atoms. The van der Waals surface area contributed by atoms with Crippen LogP contribution in [0.25, 0.3) is 0 Å². The van der Waals surface area contributed by atoms with Gasteiger partial charge in [-0.3, -0.25) is 14.9 Å². The van der Waals surface area contributed by atoms with Crippen molar-refractivity contribution in [2.45, 2.75) is 25.7 Å². The molecule has 0 aliphatic heterocycles. The van der Waals surface area contributed by atoms with Gasteiger partial charge in [-0.2, -0.15) is 4.98 Å². The summed E-state index contributed by atoms with van der Waals surface area (Å²) in [6, 6.07) is 0. The van der Waals surface area contributed by atoms with E-state index >= 15 is 0 Å². The first kappa shape index (κ1) is 13.8. The van der Waals surface area contributed by atoms with Gasteiger partial charge >= 0.3 is 11.7 Å². The summed E-state index contributed by atoms with van der Waals surface area (Å²) in [6.45, 7) is 1.79. The van der Waals surface area contributed by atoms with Gasteiger partial charge in [-0.05, 0) is 6.42 Å². The smallest absolute Gasteiger partial charge is 0.353 e. The number of nitro groups is 1. The molecule has 0 amide bonds. The lowest BCUT2D eigenvalue weighted by atomic mass is 9.98. The topological polar surface area (TPSA) is 115 Å². The van der Waals surface area contributed by atoms with Crippen molar-refractivity contribution >= 4 is 11.7 Å². The van der Waals surface area contributed by atoms with Crippen LogP contribution in [-0.4, -0.2) is 33.1 Å². The van der Waals surface area contributed by atoms with Crippen molar-refractivity contribution < 1.29 is 19.6 Å². The number of hydrogen-bond donors (Lipinski definition) is 1. The van der Waals surface area contributed by atoms with Crippen LogP contribution < -0.4 is 4.74 Å². The van der Waals surface area contributed by atoms with Crippen LogP contribution >= 0.6 is 0 Å². The molecule has 0 aromatic carbocycles. The SMILES string of the molecule is CCCC(C(=O)O)c1ncnc(OC)c1[N+](=O)[O-]. The Hall–Kier alpha value is -2.25. The van der Waals surface area contributed by atoms with Gasteiger partial charge in [-0.1, -0.05) is 13.3 Å². The van der Waals surface area contributed by atoms with Gasteiger partial charge in [0.1, 0.15) is 17.9 Å². The molecule has 0 aliphatic rings. The van der Waals surface area contributed by atoms with Gasteiger partial charge in [-0.25, -0.2) is 4.98 Å². The zero-order valence-corrected chi connectivity index (χ0v) is 9.99. The lowest BCUT2D eigenvalue weighted by Gasteiger charge is -2.11. The van der Waals surface area contributed by atoms with Crippen LogP contribution in [0, 0.1) is 10.1 Å². The van der Waals surface area contributed by atoms with Crippen LogP contribution in [-0.2, 0) is 4.79 Å². The normalized spacial score (nSPS) is 11.9. The minimum atomic E-state index is -1.15. The van der Waals surface area contributed by atoms with Crippen LogP contribution in [0.1, 0.15) is 31.4 Å². The maximum Gasteiger partial charge on any atom is 0.353 e. The third-order valence-corrected chi connectivity index (χ3v) is 2.40. The van der Waals surface area contributed by atoms with Crippen LogP contribution in [0.4, 0.5) is 5.69 Å². The molecule has 98 valence electrons. The third kappa shape index (κ3) is 2.70. The molecule has 0 radical (unpaired) electrons. The number of methoxy groups -OCH3 is 1. The van der Waals surface area contributed by atoms with E-state index in [0.717, 1.165) is 6.33 Å². The Labute approximate surface area is 103 Å². The Morgan fingerprint density at radius 2 is 2.28 bits per heavy atom. The number of nitrogens with zero attached hydrogens (tertiary/aromatic N) is 3. The van der Waals surface area contributed by atoms with E-state index in [9.17, 15) is 14.9 Å². The second-order valence-corrected chi connectivity index (χ2v) is 3.55. The van der Waals surface area contributed by atoms with Crippen molar-refractivity contribution in [3.05, 3.63) is 22.1 Å². The number of aromatic nitrogens is 2. The Balaban J connectivity index is 3.37. The van der Waals surface area contributed by atoms with E-state index in [0.29, 0.717) is 6.42 Å². The highest BCUT2D eigenvalue weighted by Crippen LogP contribution is 2.33. The summed E-state index contributed by atoms with van der Waals surface area (Å²) in [6.07, 6.45) is 1.89. The van der Waals surface area contributed by atoms with Crippen LogP contribution in [0.3, 0.4) is 0 Å². The van der Waals surface area contributed by atoms with Gasteiger partial charge in [0.2, 0.25) is 0 Å². The Bertz CT molecular complexity index is 463. The molecule has 1 atom stereocenters. The van der Waals surface area contributed by atoms with E-state index in [4.69, 9.17) is 9.84 Å². The summed E-state index contributed by atoms with van der Waals surface area (Å²) in [5.74, 6) is -2.42. The third-order valence-electron chi connectivity index (χ3n) is 2.40. The Kier molecular flexibility index (Phi) is 4.52. The van der Waals surface area contributed by atoms with Gasteiger partial charge in [0.15, 0.2) is 0 Å². The maximum absolute atomic E-state index is 11.1. The zero-order valence-electron chi connectivity index (χ0n) is 9.99. The lowest BCUT2D eigenvalue weighted by molar-refractivity contribution is -0.387. The second-order valence-electron chi connectivity index (χ2n) is 3.55. The summed E-state index contributed by atoms with van der Waals surface area (Å²) in [5.41, 5.74) is -0.609. The highest BCUT2D eigenvalue weighted by atomic mass is 16.6. The predicted molar refractivity (Wildman–Crippen MR) is 60.5 cm³/mol. The monoisotopic (exact) mass is 255 g/mol. The first-order chi connectivity index (χ1) is 8.52. The molecule has 1 heterocycles. The van der Waals surface area contributed by atoms with E-state index in [1.807, 2.05) is 0 Å². The predicted octanol–water partition coefficient (Wildman–Crippen LogP) is 1.36. The van der Waals surface area contributed by atoms with Crippen LogP contribution in [0.2, 0.25) is 0 Å². The number of carboxylic acid groups (broad SMARTS) is 1. The molecule has 8 heteroatoms. The van der Waals surface area contributed by atoms with Gasteiger partial charge in [-0.15, -0.1) is 0 Å². The minimum Gasteiger partial charge on any atom is -0.481 e. The average molecular weight is 255 g/mol. The fourth-order valence-corrected chi connectivity index (χ4v) is 1.62. The quantitative estimate of drug-likeness (QED) is 0.602. The lowest BCUT2D eigenvalue weighted by Crippen LogP contribution is -2.16. The van der Waals surface area contributed by atoms with Crippen molar-refractivity contribution in [3.8, 4) is 5.88 Å². The van der Waals surface area contributed by atoms with Crippen molar-refractivity contribution in [1.82, 2.24) is 9.97 Å². The number of carbonyl (C=O) groups is 1. The number of aliphatic carboxylic acids is 1. The van der Waals surface area contributed by atoms with Crippen molar-refractivity contribution in [1.29, 1.82) is 0 Å². The van der Waals surface area contributed by atoms with Gasteiger partial charge < -0.3 is 9.84 Å². The van der Waals surface area contributed by atoms with Gasteiger partial charge in [0.25, 0.3) is 5.88 Å². The van der Waals surface area contributed by atoms with E-state index in [1.54, 1.807) is 6.92 Å². The molecule has 1 rings (SSSR count). The summed E-state index contributed by atoms with van der Waals surface area (Å²) in [4.78, 5) is 28.8. The summed E-state index contributed by atoms with van der Waals surface area (Å²) >= 11 is 0. The molecule has 1 aromatic rings. The summed E-state index contributed by atoms with van der Waals surface area (Å²) < 4.78 is 4.77. The van der Waals surface area contributed by atoms with E-state index in [-0.39, 0.29) is 18.0 Å². The number of ether oxygens (including phenoxy) is 1. The Morgan fingerprint density at radius 1 is 1.61 bits per heavy atom. The molecule has 0 aliphatic carbocycles. The fourth-order valence-electron chi connectivity index (χ4n) is 1.62. The summed E-state index contributed by atoms with van der Waals surface area (Å²) in [5, 5.41) is 20.1. The molecule has 0 spiro atoms. The Morgan fingerprint density at radius 3 is 2.72 bits per heavy atom. The molecule has 0 saturated carbocycles. The van der Waals surface area contributed by atoms with Crippen molar-refractivity contribution in [2.75, 3.05) is 7.11 Å². The fraction of sp³-hybridized carbons (Fsp3) is 0.500. The van der Waals surface area contributed by atoms with E-state index in [2.05, 4.69) is 9.97 Å². The zero-order chi connectivity index (χ0) is 13.7. The first-order valence-electron chi connectivity index (χ1n) is 5.29. The van der Waals surface area contributed by atoms with Crippen molar-refractivity contribution in [3.63, 3.8) is 0 Å². The molecule has 8 nitrogen and oxygen atoms in total. The molecule has 18 heavy (non-hydrogen) atoms. The minimum absolute atomic E-state index is 0.124. The number of carboxylic acids is 1. The molecular formula is C10H13N3O5. The number of hydrogen-bond acceptors (Lipinski definition) is 6.